The number of amides is 1. The molecule has 1 amide bonds. The van der Waals surface area contributed by atoms with Crippen molar-refractivity contribution in [2.75, 3.05) is 13.2 Å². The molecule has 6 heteroatoms. The van der Waals surface area contributed by atoms with Crippen LogP contribution in [0, 0.1) is 0 Å². The summed E-state index contributed by atoms with van der Waals surface area (Å²) in [5.41, 5.74) is 5.14. The SMILES string of the molecule is CCNC(=S)NNC(=O)CCCOc1ccccc1. The zero-order valence-electron chi connectivity index (χ0n) is 10.9. The highest BCUT2D eigenvalue weighted by Gasteiger charge is 2.01. The van der Waals surface area contributed by atoms with Crippen molar-refractivity contribution < 1.29 is 9.53 Å². The number of hydrogen-bond donors (Lipinski definition) is 3. The number of ether oxygens (including phenoxy) is 1. The van der Waals surface area contributed by atoms with E-state index in [0.717, 1.165) is 5.75 Å². The zero-order valence-corrected chi connectivity index (χ0v) is 11.8. The molecule has 0 aliphatic heterocycles. The van der Waals surface area contributed by atoms with Crippen LogP contribution in [0.2, 0.25) is 0 Å². The highest BCUT2D eigenvalue weighted by Crippen LogP contribution is 2.08. The van der Waals surface area contributed by atoms with Gasteiger partial charge >= 0.3 is 0 Å². The van der Waals surface area contributed by atoms with Gasteiger partial charge in [0.25, 0.3) is 0 Å². The molecule has 1 aromatic carbocycles. The van der Waals surface area contributed by atoms with Gasteiger partial charge in [0.2, 0.25) is 5.91 Å². The van der Waals surface area contributed by atoms with Crippen LogP contribution in [0.4, 0.5) is 0 Å². The van der Waals surface area contributed by atoms with Crippen LogP contribution in [0.15, 0.2) is 30.3 Å². The largest absolute Gasteiger partial charge is 0.494 e. The highest BCUT2D eigenvalue weighted by atomic mass is 32.1. The first-order valence-electron chi connectivity index (χ1n) is 6.23. The molecule has 0 aromatic heterocycles. The first-order valence-corrected chi connectivity index (χ1v) is 6.63. The Morgan fingerprint density at radius 3 is 2.68 bits per heavy atom. The number of carbonyl (C=O) groups is 1. The van der Waals surface area contributed by atoms with E-state index >= 15 is 0 Å². The van der Waals surface area contributed by atoms with Crippen molar-refractivity contribution in [1.82, 2.24) is 16.2 Å². The normalized spacial score (nSPS) is 9.53. The molecule has 0 saturated carbocycles. The molecule has 1 rings (SSSR count). The number of para-hydroxylation sites is 1. The molecule has 0 saturated heterocycles. The van der Waals surface area contributed by atoms with Crippen LogP contribution >= 0.6 is 12.2 Å². The van der Waals surface area contributed by atoms with Crippen molar-refractivity contribution in [2.45, 2.75) is 19.8 Å². The maximum absolute atomic E-state index is 11.4. The van der Waals surface area contributed by atoms with Crippen LogP contribution in [-0.2, 0) is 4.79 Å². The second-order valence-corrected chi connectivity index (χ2v) is 4.21. The maximum atomic E-state index is 11.4. The third-order valence-corrected chi connectivity index (χ3v) is 2.46. The van der Waals surface area contributed by atoms with E-state index in [9.17, 15) is 4.79 Å². The average Bonchev–Trinajstić information content (AvgIpc) is 2.43. The summed E-state index contributed by atoms with van der Waals surface area (Å²) in [7, 11) is 0. The van der Waals surface area contributed by atoms with E-state index in [1.807, 2.05) is 37.3 Å². The minimum Gasteiger partial charge on any atom is -0.494 e. The van der Waals surface area contributed by atoms with Gasteiger partial charge in [-0.2, -0.15) is 0 Å². The van der Waals surface area contributed by atoms with Crippen molar-refractivity contribution in [2.24, 2.45) is 0 Å². The fraction of sp³-hybridized carbons (Fsp3) is 0.385. The molecular weight excluding hydrogens is 262 g/mol. The molecule has 0 aliphatic rings. The maximum Gasteiger partial charge on any atom is 0.238 e. The summed E-state index contributed by atoms with van der Waals surface area (Å²) in [5.74, 6) is 0.700. The molecule has 1 aromatic rings. The lowest BCUT2D eigenvalue weighted by atomic mass is 10.3. The Labute approximate surface area is 118 Å². The van der Waals surface area contributed by atoms with Gasteiger partial charge in [0.15, 0.2) is 5.11 Å². The molecule has 0 bridgehead atoms. The number of benzene rings is 1. The van der Waals surface area contributed by atoms with Gasteiger partial charge in [0.05, 0.1) is 6.61 Å². The summed E-state index contributed by atoms with van der Waals surface area (Å²) in [4.78, 5) is 11.4. The van der Waals surface area contributed by atoms with Gasteiger partial charge in [-0.05, 0) is 37.7 Å². The summed E-state index contributed by atoms with van der Waals surface area (Å²) >= 11 is 4.91. The van der Waals surface area contributed by atoms with Crippen LogP contribution in [0.3, 0.4) is 0 Å². The van der Waals surface area contributed by atoms with E-state index in [2.05, 4.69) is 16.2 Å². The summed E-state index contributed by atoms with van der Waals surface area (Å²) in [6.07, 6.45) is 1.03. The molecule has 5 nitrogen and oxygen atoms in total. The number of hydrogen-bond acceptors (Lipinski definition) is 3. The van der Waals surface area contributed by atoms with Gasteiger partial charge in [-0.15, -0.1) is 0 Å². The van der Waals surface area contributed by atoms with Gasteiger partial charge in [0.1, 0.15) is 5.75 Å². The molecule has 104 valence electrons. The summed E-state index contributed by atoms with van der Waals surface area (Å²) in [6.45, 7) is 3.15. The minimum absolute atomic E-state index is 0.114. The van der Waals surface area contributed by atoms with Crippen molar-refractivity contribution >= 4 is 23.2 Å². The summed E-state index contributed by atoms with van der Waals surface area (Å²) in [5, 5.41) is 3.28. The molecule has 0 radical (unpaired) electrons. The Bertz CT molecular complexity index is 398. The minimum atomic E-state index is -0.114. The lowest BCUT2D eigenvalue weighted by Gasteiger charge is -2.10. The smallest absolute Gasteiger partial charge is 0.238 e. The lowest BCUT2D eigenvalue weighted by molar-refractivity contribution is -0.121. The van der Waals surface area contributed by atoms with E-state index in [-0.39, 0.29) is 5.91 Å². The number of thiocarbonyl (C=S) groups is 1. The molecule has 0 heterocycles. The predicted octanol–water partition coefficient (Wildman–Crippen LogP) is 1.36. The second kappa shape index (κ2) is 9.16. The average molecular weight is 281 g/mol. The Kier molecular flexibility index (Phi) is 7.34. The quantitative estimate of drug-likeness (QED) is 0.417. The number of nitrogens with one attached hydrogen (secondary N) is 3. The number of carbonyl (C=O) groups excluding carboxylic acids is 1. The second-order valence-electron chi connectivity index (χ2n) is 3.80. The van der Waals surface area contributed by atoms with E-state index in [0.29, 0.717) is 31.1 Å². The Morgan fingerprint density at radius 1 is 1.26 bits per heavy atom. The number of hydrazine groups is 1. The monoisotopic (exact) mass is 281 g/mol. The van der Waals surface area contributed by atoms with Gasteiger partial charge in [-0.1, -0.05) is 18.2 Å². The molecule has 3 N–H and O–H groups in total. The van der Waals surface area contributed by atoms with Gasteiger partial charge in [-0.3, -0.25) is 15.6 Å². The van der Waals surface area contributed by atoms with Crippen molar-refractivity contribution in [3.05, 3.63) is 30.3 Å². The highest BCUT2D eigenvalue weighted by molar-refractivity contribution is 7.80. The number of rotatable bonds is 6. The van der Waals surface area contributed by atoms with Crippen molar-refractivity contribution in [3.8, 4) is 5.75 Å². The first-order chi connectivity index (χ1) is 9.22. The van der Waals surface area contributed by atoms with Gasteiger partial charge in [-0.25, -0.2) is 0 Å². The molecule has 0 spiro atoms. The van der Waals surface area contributed by atoms with Crippen LogP contribution in [-0.4, -0.2) is 24.2 Å². The van der Waals surface area contributed by atoms with E-state index < -0.39 is 0 Å². The predicted molar refractivity (Wildman–Crippen MR) is 78.7 cm³/mol. The first kappa shape index (κ1) is 15.2. The fourth-order valence-corrected chi connectivity index (χ4v) is 1.53. The lowest BCUT2D eigenvalue weighted by Crippen LogP contribution is -2.46. The Hall–Kier alpha value is -1.82. The van der Waals surface area contributed by atoms with E-state index in [1.165, 1.54) is 0 Å². The third kappa shape index (κ3) is 7.25. The van der Waals surface area contributed by atoms with E-state index in [4.69, 9.17) is 17.0 Å². The molecule has 0 atom stereocenters. The van der Waals surface area contributed by atoms with Crippen LogP contribution in [0.1, 0.15) is 19.8 Å². The van der Waals surface area contributed by atoms with Gasteiger partial charge in [0, 0.05) is 13.0 Å². The summed E-state index contributed by atoms with van der Waals surface area (Å²) < 4.78 is 5.48. The molecule has 0 fully saturated rings. The van der Waals surface area contributed by atoms with E-state index in [1.54, 1.807) is 0 Å². The molecular formula is C13H19N3O2S. The van der Waals surface area contributed by atoms with Gasteiger partial charge < -0.3 is 10.1 Å². The standard InChI is InChI=1S/C13H19N3O2S/c1-2-14-13(19)16-15-12(17)9-6-10-18-11-7-4-3-5-8-11/h3-5,7-8H,2,6,9-10H2,1H3,(H,15,17)(H2,14,16,19). The zero-order chi connectivity index (χ0) is 13.9. The Morgan fingerprint density at radius 2 is 2.00 bits per heavy atom. The third-order valence-electron chi connectivity index (χ3n) is 2.21. The topological polar surface area (TPSA) is 62.4 Å². The van der Waals surface area contributed by atoms with Crippen LogP contribution in [0.25, 0.3) is 0 Å². The van der Waals surface area contributed by atoms with Crippen molar-refractivity contribution in [3.63, 3.8) is 0 Å². The fourth-order valence-electron chi connectivity index (χ4n) is 1.33. The summed E-state index contributed by atoms with van der Waals surface area (Å²) in [6, 6.07) is 9.52. The molecule has 19 heavy (non-hydrogen) atoms. The molecule has 0 unspecified atom stereocenters. The Balaban J connectivity index is 2.06. The van der Waals surface area contributed by atoms with Crippen molar-refractivity contribution in [1.29, 1.82) is 0 Å². The molecule has 0 aliphatic carbocycles. The van der Waals surface area contributed by atoms with Crippen LogP contribution in [0.5, 0.6) is 5.75 Å². The van der Waals surface area contributed by atoms with Crippen LogP contribution < -0.4 is 20.9 Å².